The van der Waals surface area contributed by atoms with Crippen molar-refractivity contribution >= 4 is 17.9 Å². The predicted octanol–water partition coefficient (Wildman–Crippen LogP) is 0.631. The van der Waals surface area contributed by atoms with Crippen LogP contribution in [0.4, 0.5) is 4.79 Å². The first-order chi connectivity index (χ1) is 9.14. The van der Waals surface area contributed by atoms with E-state index in [2.05, 4.69) is 0 Å². The van der Waals surface area contributed by atoms with Crippen LogP contribution < -0.4 is 5.73 Å². The van der Waals surface area contributed by atoms with Crippen LogP contribution in [-0.2, 0) is 9.59 Å². The van der Waals surface area contributed by atoms with Gasteiger partial charge in [0, 0.05) is 12.1 Å². The van der Waals surface area contributed by atoms with Crippen molar-refractivity contribution in [3.8, 4) is 0 Å². The minimum Gasteiger partial charge on any atom is -0.480 e. The average molecular weight is 285 g/mol. The Morgan fingerprint density at radius 1 is 1.30 bits per heavy atom. The van der Waals surface area contributed by atoms with Crippen LogP contribution in [0.1, 0.15) is 40.0 Å². The molecule has 1 unspecified atom stereocenters. The Balaban J connectivity index is 2.97. The topological polar surface area (TPSA) is 104 Å². The Labute approximate surface area is 118 Å². The van der Waals surface area contributed by atoms with Gasteiger partial charge >= 0.3 is 12.0 Å². The van der Waals surface area contributed by atoms with E-state index in [0.717, 1.165) is 12.8 Å². The minimum atomic E-state index is -1.08. The molecule has 1 heterocycles. The summed E-state index contributed by atoms with van der Waals surface area (Å²) in [6, 6.07) is -1.08. The van der Waals surface area contributed by atoms with Gasteiger partial charge in [0.05, 0.1) is 0 Å². The number of nitrogens with zero attached hydrogens (tertiary/aromatic N) is 2. The molecule has 1 fully saturated rings. The summed E-state index contributed by atoms with van der Waals surface area (Å²) in [7, 11) is 0. The van der Waals surface area contributed by atoms with Gasteiger partial charge in [0.1, 0.15) is 12.6 Å². The van der Waals surface area contributed by atoms with Crippen molar-refractivity contribution in [2.45, 2.75) is 51.6 Å². The highest BCUT2D eigenvalue weighted by molar-refractivity contribution is 5.87. The van der Waals surface area contributed by atoms with E-state index in [4.69, 9.17) is 10.8 Å². The number of rotatable bonds is 3. The van der Waals surface area contributed by atoms with E-state index >= 15 is 0 Å². The van der Waals surface area contributed by atoms with Crippen molar-refractivity contribution in [1.29, 1.82) is 0 Å². The summed E-state index contributed by atoms with van der Waals surface area (Å²) in [4.78, 5) is 37.7. The zero-order valence-electron chi connectivity index (χ0n) is 12.3. The van der Waals surface area contributed by atoms with Crippen LogP contribution in [0, 0.1) is 0 Å². The summed E-state index contributed by atoms with van der Waals surface area (Å²) >= 11 is 0. The molecular weight excluding hydrogens is 262 g/mol. The quantitative estimate of drug-likeness (QED) is 0.793. The number of nitrogens with two attached hydrogens (primary N) is 1. The normalized spacial score (nSPS) is 19.6. The molecule has 3 N–H and O–H groups in total. The Morgan fingerprint density at radius 2 is 1.90 bits per heavy atom. The third-order valence-corrected chi connectivity index (χ3v) is 3.41. The number of primary amides is 1. The highest BCUT2D eigenvalue weighted by Gasteiger charge is 2.37. The smallest absolute Gasteiger partial charge is 0.323 e. The highest BCUT2D eigenvalue weighted by atomic mass is 16.4. The summed E-state index contributed by atoms with van der Waals surface area (Å²) in [6.07, 6.45) is 2.17. The molecule has 1 aliphatic heterocycles. The number of likely N-dealkylation sites (tertiary alicyclic amines) is 1. The van der Waals surface area contributed by atoms with Gasteiger partial charge in [-0.1, -0.05) is 0 Å². The number of urea groups is 1. The fourth-order valence-electron chi connectivity index (χ4n) is 2.34. The fourth-order valence-corrected chi connectivity index (χ4v) is 2.34. The monoisotopic (exact) mass is 285 g/mol. The van der Waals surface area contributed by atoms with Gasteiger partial charge in [-0.2, -0.15) is 0 Å². The second kappa shape index (κ2) is 6.11. The molecule has 0 aromatic carbocycles. The molecule has 0 radical (unpaired) electrons. The summed E-state index contributed by atoms with van der Waals surface area (Å²) in [6.45, 7) is 5.31. The molecule has 0 bridgehead atoms. The van der Waals surface area contributed by atoms with Crippen LogP contribution >= 0.6 is 0 Å². The largest absolute Gasteiger partial charge is 0.480 e. The Bertz CT molecular complexity index is 403. The molecule has 1 atom stereocenters. The lowest BCUT2D eigenvalue weighted by Gasteiger charge is -2.42. The van der Waals surface area contributed by atoms with Gasteiger partial charge in [-0.15, -0.1) is 0 Å². The standard InChI is InChI=1S/C13H23N3O4/c1-13(2,3)16(8-10(17)18)12(20)15-7-5-4-6-9(15)11(14)19/h9H,4-8H2,1-3H3,(H2,14,19)(H,17,18). The number of hydrogen-bond acceptors (Lipinski definition) is 3. The van der Waals surface area contributed by atoms with Crippen LogP contribution in [0.15, 0.2) is 0 Å². The number of piperidine rings is 1. The zero-order valence-corrected chi connectivity index (χ0v) is 12.3. The van der Waals surface area contributed by atoms with E-state index in [1.165, 1.54) is 9.80 Å². The first-order valence-electron chi connectivity index (χ1n) is 6.74. The average Bonchev–Trinajstić information content (AvgIpc) is 2.33. The van der Waals surface area contributed by atoms with Crippen molar-refractivity contribution in [3.05, 3.63) is 0 Å². The number of carboxylic acid groups (broad SMARTS) is 1. The molecule has 0 aromatic rings. The van der Waals surface area contributed by atoms with Crippen LogP contribution in [0.25, 0.3) is 0 Å². The number of carbonyl (C=O) groups excluding carboxylic acids is 2. The van der Waals surface area contributed by atoms with Gasteiger partial charge in [0.15, 0.2) is 0 Å². The molecule has 7 heteroatoms. The molecular formula is C13H23N3O4. The van der Waals surface area contributed by atoms with Crippen LogP contribution in [0.3, 0.4) is 0 Å². The zero-order chi connectivity index (χ0) is 15.5. The molecule has 7 nitrogen and oxygen atoms in total. The van der Waals surface area contributed by atoms with Gasteiger partial charge < -0.3 is 20.6 Å². The summed E-state index contributed by atoms with van der Waals surface area (Å²) < 4.78 is 0. The van der Waals surface area contributed by atoms with E-state index in [1.54, 1.807) is 20.8 Å². The SMILES string of the molecule is CC(C)(C)N(CC(=O)O)C(=O)N1CCCCC1C(N)=O. The molecule has 1 rings (SSSR count). The summed E-state index contributed by atoms with van der Waals surface area (Å²) in [5.41, 5.74) is 4.69. The molecule has 0 aromatic heterocycles. The summed E-state index contributed by atoms with van der Waals surface area (Å²) in [5, 5.41) is 8.97. The third-order valence-electron chi connectivity index (χ3n) is 3.41. The van der Waals surface area contributed by atoms with E-state index < -0.39 is 36.0 Å². The lowest BCUT2D eigenvalue weighted by molar-refractivity contribution is -0.138. The van der Waals surface area contributed by atoms with Crippen molar-refractivity contribution in [2.24, 2.45) is 5.73 Å². The van der Waals surface area contributed by atoms with Crippen LogP contribution in [0.2, 0.25) is 0 Å². The summed E-state index contributed by atoms with van der Waals surface area (Å²) in [5.74, 6) is -1.62. The maximum atomic E-state index is 12.6. The number of hydrogen-bond donors (Lipinski definition) is 2. The van der Waals surface area contributed by atoms with Crippen molar-refractivity contribution < 1.29 is 19.5 Å². The molecule has 1 aliphatic rings. The molecule has 0 aliphatic carbocycles. The van der Waals surface area contributed by atoms with Gasteiger partial charge in [0.25, 0.3) is 0 Å². The third kappa shape index (κ3) is 3.85. The number of amides is 3. The van der Waals surface area contributed by atoms with Gasteiger partial charge in [-0.3, -0.25) is 9.59 Å². The number of carbonyl (C=O) groups is 3. The Morgan fingerprint density at radius 3 is 2.35 bits per heavy atom. The maximum absolute atomic E-state index is 12.6. The van der Waals surface area contributed by atoms with E-state index in [-0.39, 0.29) is 0 Å². The van der Waals surface area contributed by atoms with E-state index in [9.17, 15) is 14.4 Å². The van der Waals surface area contributed by atoms with Crippen molar-refractivity contribution in [2.75, 3.05) is 13.1 Å². The van der Waals surface area contributed by atoms with Crippen LogP contribution in [-0.4, -0.2) is 57.5 Å². The second-order valence-electron chi connectivity index (χ2n) is 6.04. The molecule has 114 valence electrons. The molecule has 0 saturated carbocycles. The van der Waals surface area contributed by atoms with Crippen LogP contribution in [0.5, 0.6) is 0 Å². The number of carboxylic acids is 1. The minimum absolute atomic E-state index is 0.398. The molecule has 1 saturated heterocycles. The van der Waals surface area contributed by atoms with E-state index in [1.807, 2.05) is 0 Å². The Hall–Kier alpha value is -1.79. The van der Waals surface area contributed by atoms with E-state index in [0.29, 0.717) is 13.0 Å². The second-order valence-corrected chi connectivity index (χ2v) is 6.04. The van der Waals surface area contributed by atoms with Crippen molar-refractivity contribution in [3.63, 3.8) is 0 Å². The first-order valence-corrected chi connectivity index (χ1v) is 6.74. The van der Waals surface area contributed by atoms with Crippen molar-refractivity contribution in [1.82, 2.24) is 9.80 Å². The lowest BCUT2D eigenvalue weighted by atomic mass is 10.0. The number of aliphatic carboxylic acids is 1. The fraction of sp³-hybridized carbons (Fsp3) is 0.769. The first kappa shape index (κ1) is 16.3. The predicted molar refractivity (Wildman–Crippen MR) is 73.0 cm³/mol. The molecule has 3 amide bonds. The highest BCUT2D eigenvalue weighted by Crippen LogP contribution is 2.22. The lowest BCUT2D eigenvalue weighted by Crippen LogP contribution is -2.59. The molecule has 0 spiro atoms. The maximum Gasteiger partial charge on any atom is 0.323 e. The van der Waals surface area contributed by atoms with Gasteiger partial charge in [-0.25, -0.2) is 4.79 Å². The molecule has 20 heavy (non-hydrogen) atoms. The Kier molecular flexibility index (Phi) is 4.97. The van der Waals surface area contributed by atoms with Gasteiger partial charge in [0.2, 0.25) is 5.91 Å². The van der Waals surface area contributed by atoms with Gasteiger partial charge in [-0.05, 0) is 40.0 Å².